The van der Waals surface area contributed by atoms with Crippen LogP contribution in [0.2, 0.25) is 5.02 Å². The zero-order valence-electron chi connectivity index (χ0n) is 14.5. The average Bonchev–Trinajstić information content (AvgIpc) is 3.15. The molecule has 2 aromatic carbocycles. The number of amides is 1. The van der Waals surface area contributed by atoms with Gasteiger partial charge < -0.3 is 10.6 Å². The van der Waals surface area contributed by atoms with Gasteiger partial charge in [0, 0.05) is 27.8 Å². The van der Waals surface area contributed by atoms with Crippen LogP contribution in [0.3, 0.4) is 0 Å². The molecule has 6 heteroatoms. The number of carbonyl (C=O) groups is 1. The van der Waals surface area contributed by atoms with Crippen LogP contribution in [0.5, 0.6) is 0 Å². The zero-order valence-corrected chi connectivity index (χ0v) is 16.9. The van der Waals surface area contributed by atoms with E-state index < -0.39 is 0 Å². The fourth-order valence-corrected chi connectivity index (χ4v) is 3.88. The second-order valence-electron chi connectivity index (χ2n) is 6.34. The Balaban J connectivity index is 0.00000243. The first kappa shape index (κ1) is 21.1. The van der Waals surface area contributed by atoms with E-state index in [2.05, 4.69) is 10.6 Å². The van der Waals surface area contributed by atoms with Crippen molar-refractivity contribution in [3.05, 3.63) is 64.7 Å². The lowest BCUT2D eigenvalue weighted by atomic mass is 10.1. The summed E-state index contributed by atoms with van der Waals surface area (Å²) in [6, 6.07) is 15.7. The average molecular weight is 411 g/mol. The molecule has 0 spiro atoms. The molecule has 2 N–H and O–H groups in total. The predicted octanol–water partition coefficient (Wildman–Crippen LogP) is 4.78. The van der Waals surface area contributed by atoms with E-state index in [4.69, 9.17) is 11.6 Å². The summed E-state index contributed by atoms with van der Waals surface area (Å²) in [6.45, 7) is 2.93. The highest BCUT2D eigenvalue weighted by Gasteiger charge is 2.14. The van der Waals surface area contributed by atoms with Crippen molar-refractivity contribution in [3.63, 3.8) is 0 Å². The van der Waals surface area contributed by atoms with Crippen LogP contribution in [-0.2, 0) is 5.75 Å². The third-order valence-electron chi connectivity index (χ3n) is 4.44. The number of thioether (sulfide) groups is 1. The lowest BCUT2D eigenvalue weighted by molar-refractivity contribution is 0.0951. The molecular weight excluding hydrogens is 387 g/mol. The first-order valence-corrected chi connectivity index (χ1v) is 10.0. The third kappa shape index (κ3) is 6.51. The SMILES string of the molecule is Cl.O=C(NCCC1CCNC1)c1ccc(CSc2ccc(Cl)cc2)cc1. The number of nitrogens with one attached hydrogen (secondary N) is 2. The second-order valence-corrected chi connectivity index (χ2v) is 7.83. The van der Waals surface area contributed by atoms with Gasteiger partial charge >= 0.3 is 0 Å². The van der Waals surface area contributed by atoms with Crippen molar-refractivity contribution in [2.24, 2.45) is 5.92 Å². The molecule has 1 saturated heterocycles. The summed E-state index contributed by atoms with van der Waals surface area (Å²) in [5.41, 5.74) is 1.93. The quantitative estimate of drug-likeness (QED) is 0.644. The Morgan fingerprint density at radius 2 is 1.88 bits per heavy atom. The van der Waals surface area contributed by atoms with Gasteiger partial charge in [-0.25, -0.2) is 0 Å². The Morgan fingerprint density at radius 3 is 2.54 bits per heavy atom. The maximum Gasteiger partial charge on any atom is 0.251 e. The summed E-state index contributed by atoms with van der Waals surface area (Å²) >= 11 is 7.66. The van der Waals surface area contributed by atoms with Gasteiger partial charge in [-0.1, -0.05) is 23.7 Å². The largest absolute Gasteiger partial charge is 0.352 e. The van der Waals surface area contributed by atoms with Crippen LogP contribution in [0.25, 0.3) is 0 Å². The van der Waals surface area contributed by atoms with Crippen molar-refractivity contribution in [1.82, 2.24) is 10.6 Å². The molecule has 2 aromatic rings. The van der Waals surface area contributed by atoms with Gasteiger partial charge in [0.25, 0.3) is 5.91 Å². The molecule has 140 valence electrons. The summed E-state index contributed by atoms with van der Waals surface area (Å²) in [5, 5.41) is 7.13. The van der Waals surface area contributed by atoms with Gasteiger partial charge in [0.05, 0.1) is 0 Å². The summed E-state index contributed by atoms with van der Waals surface area (Å²) < 4.78 is 0. The van der Waals surface area contributed by atoms with E-state index in [0.29, 0.717) is 5.92 Å². The number of hydrogen-bond donors (Lipinski definition) is 2. The summed E-state index contributed by atoms with van der Waals surface area (Å²) in [5.74, 6) is 1.59. The van der Waals surface area contributed by atoms with Gasteiger partial charge in [-0.15, -0.1) is 24.2 Å². The molecule has 3 nitrogen and oxygen atoms in total. The monoisotopic (exact) mass is 410 g/mol. The number of halogens is 2. The lowest BCUT2D eigenvalue weighted by Gasteiger charge is -2.10. The van der Waals surface area contributed by atoms with E-state index in [0.717, 1.165) is 42.4 Å². The number of hydrogen-bond acceptors (Lipinski definition) is 3. The standard InChI is InChI=1S/C20H23ClN2OS.ClH/c21-18-5-7-19(8-6-18)25-14-16-1-3-17(4-2-16)20(24)23-12-10-15-9-11-22-13-15;/h1-8,15,22H,9-14H2,(H,23,24);1H. The predicted molar refractivity (Wildman–Crippen MR) is 113 cm³/mol. The van der Waals surface area contributed by atoms with Gasteiger partial charge in [0.1, 0.15) is 0 Å². The van der Waals surface area contributed by atoms with E-state index in [1.54, 1.807) is 11.8 Å². The van der Waals surface area contributed by atoms with Crippen LogP contribution in [0.4, 0.5) is 0 Å². The second kappa shape index (κ2) is 10.8. The molecule has 0 saturated carbocycles. The summed E-state index contributed by atoms with van der Waals surface area (Å²) in [6.07, 6.45) is 2.27. The first-order chi connectivity index (χ1) is 12.2. The minimum Gasteiger partial charge on any atom is -0.352 e. The third-order valence-corrected chi connectivity index (χ3v) is 5.77. The molecule has 3 rings (SSSR count). The van der Waals surface area contributed by atoms with Crippen molar-refractivity contribution in [2.45, 2.75) is 23.5 Å². The number of benzene rings is 2. The molecule has 26 heavy (non-hydrogen) atoms. The van der Waals surface area contributed by atoms with E-state index in [1.807, 2.05) is 48.5 Å². The molecule has 1 atom stereocenters. The van der Waals surface area contributed by atoms with Crippen LogP contribution in [0.15, 0.2) is 53.4 Å². The number of rotatable bonds is 7. The Hall–Kier alpha value is -1.20. The fourth-order valence-electron chi connectivity index (χ4n) is 2.90. The minimum atomic E-state index is 0. The number of carbonyl (C=O) groups excluding carboxylic acids is 1. The van der Waals surface area contributed by atoms with Crippen LogP contribution < -0.4 is 10.6 Å². The lowest BCUT2D eigenvalue weighted by Crippen LogP contribution is -2.26. The Kier molecular flexibility index (Phi) is 8.79. The summed E-state index contributed by atoms with van der Waals surface area (Å²) in [4.78, 5) is 13.4. The molecule has 1 heterocycles. The van der Waals surface area contributed by atoms with Crippen molar-refractivity contribution in [3.8, 4) is 0 Å². The van der Waals surface area contributed by atoms with Crippen molar-refractivity contribution in [2.75, 3.05) is 19.6 Å². The van der Waals surface area contributed by atoms with Crippen LogP contribution >= 0.6 is 35.8 Å². The molecule has 1 fully saturated rings. The smallest absolute Gasteiger partial charge is 0.251 e. The minimum absolute atomic E-state index is 0. The van der Waals surface area contributed by atoms with Crippen molar-refractivity contribution >= 4 is 41.7 Å². The molecule has 1 aliphatic rings. The molecule has 0 radical (unpaired) electrons. The highest BCUT2D eigenvalue weighted by molar-refractivity contribution is 7.98. The highest BCUT2D eigenvalue weighted by Crippen LogP contribution is 2.24. The van der Waals surface area contributed by atoms with Gasteiger partial charge in [0.2, 0.25) is 0 Å². The van der Waals surface area contributed by atoms with E-state index in [9.17, 15) is 4.79 Å². The van der Waals surface area contributed by atoms with Crippen LogP contribution in [-0.4, -0.2) is 25.5 Å². The van der Waals surface area contributed by atoms with Crippen molar-refractivity contribution in [1.29, 1.82) is 0 Å². The molecule has 1 unspecified atom stereocenters. The topological polar surface area (TPSA) is 41.1 Å². The van der Waals surface area contributed by atoms with Gasteiger partial charge in [-0.3, -0.25) is 4.79 Å². The van der Waals surface area contributed by atoms with Crippen LogP contribution in [0, 0.1) is 5.92 Å². The molecule has 0 bridgehead atoms. The van der Waals surface area contributed by atoms with Gasteiger partial charge in [-0.2, -0.15) is 0 Å². The first-order valence-electron chi connectivity index (χ1n) is 8.67. The summed E-state index contributed by atoms with van der Waals surface area (Å²) in [7, 11) is 0. The van der Waals surface area contributed by atoms with Gasteiger partial charge in [0.15, 0.2) is 0 Å². The molecule has 0 aromatic heterocycles. The maximum atomic E-state index is 12.2. The molecule has 0 aliphatic carbocycles. The molecule has 1 aliphatic heterocycles. The molecular formula is C20H24Cl2N2OS. The fraction of sp³-hybridized carbons (Fsp3) is 0.350. The van der Waals surface area contributed by atoms with E-state index in [-0.39, 0.29) is 18.3 Å². The molecule has 1 amide bonds. The van der Waals surface area contributed by atoms with E-state index >= 15 is 0 Å². The maximum absolute atomic E-state index is 12.2. The van der Waals surface area contributed by atoms with Crippen LogP contribution in [0.1, 0.15) is 28.8 Å². The van der Waals surface area contributed by atoms with Crippen molar-refractivity contribution < 1.29 is 4.79 Å². The zero-order chi connectivity index (χ0) is 17.5. The highest BCUT2D eigenvalue weighted by atomic mass is 35.5. The van der Waals surface area contributed by atoms with Gasteiger partial charge in [-0.05, 0) is 73.8 Å². The Labute approximate surface area is 170 Å². The Morgan fingerprint density at radius 1 is 1.15 bits per heavy atom. The Bertz CT molecular complexity index is 686. The van der Waals surface area contributed by atoms with E-state index in [1.165, 1.54) is 16.9 Å². The normalized spacial score (nSPS) is 16.1.